The Labute approximate surface area is 180 Å². The summed E-state index contributed by atoms with van der Waals surface area (Å²) in [6, 6.07) is 8.30. The number of hydroxylamine groups is 3. The van der Waals surface area contributed by atoms with Gasteiger partial charge in [-0.25, -0.2) is 15.1 Å². The summed E-state index contributed by atoms with van der Waals surface area (Å²) >= 11 is 0. The summed E-state index contributed by atoms with van der Waals surface area (Å²) in [5, 5.41) is 10.7. The van der Waals surface area contributed by atoms with Crippen molar-refractivity contribution in [2.75, 3.05) is 19.7 Å². The Morgan fingerprint density at radius 2 is 1.94 bits per heavy atom. The molecule has 10 nitrogen and oxygen atoms in total. The summed E-state index contributed by atoms with van der Waals surface area (Å²) < 4.78 is 0. The molecular formula is C21H28N4O6. The van der Waals surface area contributed by atoms with Gasteiger partial charge in [-0.3, -0.25) is 14.5 Å². The van der Waals surface area contributed by atoms with E-state index in [-0.39, 0.29) is 24.7 Å². The van der Waals surface area contributed by atoms with Gasteiger partial charge in [-0.15, -0.1) is 0 Å². The Morgan fingerprint density at radius 3 is 2.71 bits per heavy atom. The Morgan fingerprint density at radius 1 is 1.13 bits per heavy atom. The monoisotopic (exact) mass is 432 g/mol. The van der Waals surface area contributed by atoms with Gasteiger partial charge in [0, 0.05) is 13.1 Å². The van der Waals surface area contributed by atoms with E-state index in [0.717, 1.165) is 18.4 Å². The molecule has 3 fully saturated rings. The molecule has 168 valence electrons. The average Bonchev–Trinajstić information content (AvgIpc) is 3.02. The second-order valence-electron chi connectivity index (χ2n) is 8.17. The molecule has 1 unspecified atom stereocenters. The quantitative estimate of drug-likeness (QED) is 0.637. The minimum Gasteiger partial charge on any atom is -0.465 e. The number of nitrogens with one attached hydrogen (secondary N) is 1. The van der Waals surface area contributed by atoms with Gasteiger partial charge < -0.3 is 14.9 Å². The highest BCUT2D eigenvalue weighted by molar-refractivity contribution is 5.88. The second-order valence-corrected chi connectivity index (χ2v) is 8.17. The Balaban J connectivity index is 1.27. The number of amides is 4. The molecule has 3 heterocycles. The lowest BCUT2D eigenvalue weighted by molar-refractivity contribution is -0.141. The molecule has 0 aliphatic carbocycles. The van der Waals surface area contributed by atoms with E-state index in [0.29, 0.717) is 39.0 Å². The zero-order valence-electron chi connectivity index (χ0n) is 17.3. The molecule has 3 atom stereocenters. The summed E-state index contributed by atoms with van der Waals surface area (Å²) in [7, 11) is 0. The third kappa shape index (κ3) is 4.75. The van der Waals surface area contributed by atoms with Crippen LogP contribution in [0.2, 0.25) is 0 Å². The molecule has 4 amide bonds. The molecule has 2 bridgehead atoms. The van der Waals surface area contributed by atoms with Gasteiger partial charge in [0.05, 0.1) is 18.7 Å². The van der Waals surface area contributed by atoms with Crippen LogP contribution in [0.4, 0.5) is 9.59 Å². The molecule has 3 aliphatic rings. The smallest absolute Gasteiger partial charge is 0.407 e. The lowest BCUT2D eigenvalue weighted by Gasteiger charge is -2.33. The molecule has 10 heteroatoms. The van der Waals surface area contributed by atoms with Gasteiger partial charge in [0.25, 0.3) is 5.91 Å². The van der Waals surface area contributed by atoms with E-state index in [9.17, 15) is 19.5 Å². The standard InChI is InChI=1S/C21H28N4O6/c26-19(22-30-14-17-8-4-5-11-23(17)21(28)29)18-10-9-16-12-24(18)20(27)25(16)31-13-15-6-2-1-3-7-15/h1-3,6-7,16-18H,4-5,8-14H2,(H,22,26)(H,28,29)/t16-,17?,18+/m1/s1. The number of fused-ring (bicyclic) bond motifs is 2. The van der Waals surface area contributed by atoms with Crippen LogP contribution < -0.4 is 5.48 Å². The maximum Gasteiger partial charge on any atom is 0.407 e. The molecule has 0 aromatic heterocycles. The third-order valence-electron chi connectivity index (χ3n) is 6.16. The van der Waals surface area contributed by atoms with Crippen LogP contribution in [0.25, 0.3) is 0 Å². The predicted octanol–water partition coefficient (Wildman–Crippen LogP) is 1.97. The number of benzene rings is 1. The Hall–Kier alpha value is -2.85. The fourth-order valence-electron chi connectivity index (χ4n) is 4.49. The molecule has 0 spiro atoms. The van der Waals surface area contributed by atoms with Gasteiger partial charge >= 0.3 is 12.1 Å². The van der Waals surface area contributed by atoms with Crippen LogP contribution in [-0.2, 0) is 21.1 Å². The number of hydrogen-bond acceptors (Lipinski definition) is 5. The number of hydrogen-bond donors (Lipinski definition) is 2. The highest BCUT2D eigenvalue weighted by Gasteiger charge is 2.48. The number of carbonyl (C=O) groups is 3. The molecule has 2 N–H and O–H groups in total. The van der Waals surface area contributed by atoms with Gasteiger partial charge in [0.15, 0.2) is 0 Å². The average molecular weight is 432 g/mol. The summed E-state index contributed by atoms with van der Waals surface area (Å²) in [6.07, 6.45) is 2.66. The first-order chi connectivity index (χ1) is 15.0. The van der Waals surface area contributed by atoms with Gasteiger partial charge in [0.1, 0.15) is 12.6 Å². The molecule has 1 aromatic rings. The van der Waals surface area contributed by atoms with Crippen molar-refractivity contribution < 1.29 is 29.2 Å². The van der Waals surface area contributed by atoms with Crippen molar-refractivity contribution in [2.45, 2.75) is 56.8 Å². The zero-order chi connectivity index (χ0) is 21.8. The second kappa shape index (κ2) is 9.52. The molecule has 0 radical (unpaired) electrons. The SMILES string of the molecule is O=C(NOCC1CCCCN1C(=O)O)[C@@H]1CC[C@@H]2CN1C(=O)N2OCc1ccccc1. The number of nitrogens with zero attached hydrogens (tertiary/aromatic N) is 3. The number of carboxylic acid groups (broad SMARTS) is 1. The van der Waals surface area contributed by atoms with E-state index in [1.54, 1.807) is 0 Å². The van der Waals surface area contributed by atoms with E-state index in [1.165, 1.54) is 14.9 Å². The summed E-state index contributed by atoms with van der Waals surface area (Å²) in [6.45, 7) is 1.29. The number of rotatable bonds is 7. The molecule has 3 aliphatic heterocycles. The van der Waals surface area contributed by atoms with E-state index in [1.807, 2.05) is 30.3 Å². The topological polar surface area (TPSA) is 112 Å². The molecule has 31 heavy (non-hydrogen) atoms. The number of carbonyl (C=O) groups excluding carboxylic acids is 2. The fourth-order valence-corrected chi connectivity index (χ4v) is 4.49. The van der Waals surface area contributed by atoms with E-state index >= 15 is 0 Å². The van der Waals surface area contributed by atoms with Crippen LogP contribution in [-0.4, -0.2) is 75.8 Å². The lowest BCUT2D eigenvalue weighted by Crippen LogP contribution is -2.51. The number of piperidine rings is 2. The first-order valence-electron chi connectivity index (χ1n) is 10.7. The minimum absolute atomic E-state index is 0.0763. The van der Waals surface area contributed by atoms with Crippen molar-refractivity contribution in [1.29, 1.82) is 0 Å². The number of urea groups is 1. The highest BCUT2D eigenvalue weighted by atomic mass is 16.7. The lowest BCUT2D eigenvalue weighted by atomic mass is 10.0. The largest absolute Gasteiger partial charge is 0.465 e. The van der Waals surface area contributed by atoms with E-state index in [2.05, 4.69) is 5.48 Å². The van der Waals surface area contributed by atoms with Crippen molar-refractivity contribution in [3.63, 3.8) is 0 Å². The Bertz CT molecular complexity index is 806. The van der Waals surface area contributed by atoms with Crippen LogP contribution in [0, 0.1) is 0 Å². The molecule has 3 saturated heterocycles. The summed E-state index contributed by atoms with van der Waals surface area (Å²) in [5.74, 6) is -0.394. The van der Waals surface area contributed by atoms with Crippen molar-refractivity contribution in [3.05, 3.63) is 35.9 Å². The van der Waals surface area contributed by atoms with Gasteiger partial charge in [0.2, 0.25) is 0 Å². The minimum atomic E-state index is -0.976. The third-order valence-corrected chi connectivity index (χ3v) is 6.16. The fraction of sp³-hybridized carbons (Fsp3) is 0.571. The van der Waals surface area contributed by atoms with Gasteiger partial charge in [-0.2, -0.15) is 5.06 Å². The van der Waals surface area contributed by atoms with Crippen LogP contribution in [0.15, 0.2) is 30.3 Å². The highest BCUT2D eigenvalue weighted by Crippen LogP contribution is 2.30. The van der Waals surface area contributed by atoms with E-state index in [4.69, 9.17) is 9.68 Å². The number of likely N-dealkylation sites (tertiary alicyclic amines) is 1. The molecule has 4 rings (SSSR count). The van der Waals surface area contributed by atoms with Crippen molar-refractivity contribution in [1.82, 2.24) is 20.3 Å². The summed E-state index contributed by atoms with van der Waals surface area (Å²) in [4.78, 5) is 50.8. The normalized spacial score (nSPS) is 25.6. The van der Waals surface area contributed by atoms with E-state index < -0.39 is 18.0 Å². The van der Waals surface area contributed by atoms with Crippen LogP contribution in [0.3, 0.4) is 0 Å². The first-order valence-corrected chi connectivity index (χ1v) is 10.7. The van der Waals surface area contributed by atoms with Gasteiger partial charge in [-0.1, -0.05) is 30.3 Å². The predicted molar refractivity (Wildman–Crippen MR) is 108 cm³/mol. The van der Waals surface area contributed by atoms with Crippen LogP contribution in [0.1, 0.15) is 37.7 Å². The first kappa shape index (κ1) is 21.4. The maximum atomic E-state index is 12.8. The summed E-state index contributed by atoms with van der Waals surface area (Å²) in [5.41, 5.74) is 3.39. The van der Waals surface area contributed by atoms with Gasteiger partial charge in [-0.05, 0) is 37.7 Å². The van der Waals surface area contributed by atoms with Crippen molar-refractivity contribution >= 4 is 18.0 Å². The van der Waals surface area contributed by atoms with Crippen molar-refractivity contribution in [2.24, 2.45) is 0 Å². The van der Waals surface area contributed by atoms with Crippen LogP contribution >= 0.6 is 0 Å². The zero-order valence-corrected chi connectivity index (χ0v) is 17.3. The maximum absolute atomic E-state index is 12.8. The molecule has 1 aromatic carbocycles. The Kier molecular flexibility index (Phi) is 6.57. The van der Waals surface area contributed by atoms with Crippen molar-refractivity contribution in [3.8, 4) is 0 Å². The molecular weight excluding hydrogens is 404 g/mol. The molecule has 0 saturated carbocycles. The van der Waals surface area contributed by atoms with Crippen LogP contribution in [0.5, 0.6) is 0 Å².